The number of nitro groups is 1. The topological polar surface area (TPSA) is 58.4 Å². The van der Waals surface area contributed by atoms with E-state index >= 15 is 0 Å². The number of hydrogen-bond acceptors (Lipinski definition) is 4. The molecule has 102 valence electrons. The van der Waals surface area contributed by atoms with Crippen LogP contribution in [0.2, 0.25) is 0 Å². The van der Waals surface area contributed by atoms with Crippen molar-refractivity contribution in [3.63, 3.8) is 0 Å². The molecule has 0 amide bonds. The van der Waals surface area contributed by atoms with Crippen LogP contribution in [0.1, 0.15) is 18.5 Å². The van der Waals surface area contributed by atoms with Crippen molar-refractivity contribution in [2.75, 3.05) is 26.2 Å². The third-order valence-electron chi connectivity index (χ3n) is 4.53. The van der Waals surface area contributed by atoms with E-state index in [2.05, 4.69) is 17.1 Å². The van der Waals surface area contributed by atoms with Crippen LogP contribution in [-0.2, 0) is 0 Å². The van der Waals surface area contributed by atoms with Crippen molar-refractivity contribution < 1.29 is 4.92 Å². The summed E-state index contributed by atoms with van der Waals surface area (Å²) in [7, 11) is 0. The van der Waals surface area contributed by atoms with Crippen LogP contribution in [-0.4, -0.2) is 36.0 Å². The van der Waals surface area contributed by atoms with Crippen LogP contribution in [0.5, 0.6) is 0 Å². The number of non-ortho nitro benzene ring substituents is 1. The summed E-state index contributed by atoms with van der Waals surface area (Å²) in [4.78, 5) is 13.0. The Kier molecular flexibility index (Phi) is 3.24. The van der Waals surface area contributed by atoms with Gasteiger partial charge in [-0.2, -0.15) is 0 Å². The lowest BCUT2D eigenvalue weighted by atomic mass is 10.0. The van der Waals surface area contributed by atoms with E-state index in [0.29, 0.717) is 0 Å². The van der Waals surface area contributed by atoms with Crippen LogP contribution in [0.4, 0.5) is 5.69 Å². The van der Waals surface area contributed by atoms with Gasteiger partial charge in [-0.25, -0.2) is 0 Å². The predicted octanol–water partition coefficient (Wildman–Crippen LogP) is 1.81. The van der Waals surface area contributed by atoms with Gasteiger partial charge in [0.25, 0.3) is 5.69 Å². The molecule has 0 aromatic heterocycles. The number of fused-ring (bicyclic) bond motifs is 1. The Morgan fingerprint density at radius 2 is 2.05 bits per heavy atom. The second-order valence-electron chi connectivity index (χ2n) is 5.66. The highest BCUT2D eigenvalue weighted by molar-refractivity contribution is 5.35. The van der Waals surface area contributed by atoms with Crippen molar-refractivity contribution in [2.45, 2.75) is 13.0 Å². The Bertz CT molecular complexity index is 479. The first-order valence-electron chi connectivity index (χ1n) is 6.84. The third-order valence-corrected chi connectivity index (χ3v) is 4.53. The van der Waals surface area contributed by atoms with Crippen LogP contribution in [0.25, 0.3) is 0 Å². The quantitative estimate of drug-likeness (QED) is 0.666. The molecular formula is C14H19N3O2. The Hall–Kier alpha value is -1.46. The van der Waals surface area contributed by atoms with Gasteiger partial charge in [-0.05, 0) is 37.4 Å². The van der Waals surface area contributed by atoms with Gasteiger partial charge in [0.1, 0.15) is 0 Å². The molecule has 0 aliphatic carbocycles. The van der Waals surface area contributed by atoms with Crippen molar-refractivity contribution in [3.8, 4) is 0 Å². The van der Waals surface area contributed by atoms with E-state index in [0.717, 1.165) is 43.6 Å². The summed E-state index contributed by atoms with van der Waals surface area (Å²) in [5.74, 6) is 1.50. The van der Waals surface area contributed by atoms with Gasteiger partial charge in [0, 0.05) is 31.3 Å². The Balaban J connectivity index is 1.75. The van der Waals surface area contributed by atoms with E-state index in [1.165, 1.54) is 0 Å². The molecule has 1 unspecified atom stereocenters. The van der Waals surface area contributed by atoms with Crippen molar-refractivity contribution >= 4 is 5.69 Å². The molecular weight excluding hydrogens is 242 g/mol. The maximum Gasteiger partial charge on any atom is 0.269 e. The zero-order valence-corrected chi connectivity index (χ0v) is 11.1. The first-order chi connectivity index (χ1) is 9.15. The molecule has 19 heavy (non-hydrogen) atoms. The van der Waals surface area contributed by atoms with Crippen molar-refractivity contribution in [1.29, 1.82) is 0 Å². The van der Waals surface area contributed by atoms with Crippen LogP contribution in [0.15, 0.2) is 24.3 Å². The van der Waals surface area contributed by atoms with E-state index in [-0.39, 0.29) is 16.7 Å². The van der Waals surface area contributed by atoms with E-state index in [4.69, 9.17) is 0 Å². The first-order valence-corrected chi connectivity index (χ1v) is 6.84. The summed E-state index contributed by atoms with van der Waals surface area (Å²) in [6.07, 6.45) is 0. The fourth-order valence-electron chi connectivity index (χ4n) is 3.32. The average Bonchev–Trinajstić information content (AvgIpc) is 2.98. The minimum atomic E-state index is -0.321. The molecule has 0 saturated carbocycles. The monoisotopic (exact) mass is 261 g/mol. The number of rotatable bonds is 3. The summed E-state index contributed by atoms with van der Waals surface area (Å²) < 4.78 is 0. The Morgan fingerprint density at radius 3 is 2.68 bits per heavy atom. The van der Waals surface area contributed by atoms with Gasteiger partial charge in [0.05, 0.1) is 4.92 Å². The molecule has 0 bridgehead atoms. The van der Waals surface area contributed by atoms with Gasteiger partial charge in [-0.3, -0.25) is 15.0 Å². The number of hydrogen-bond donors (Lipinski definition) is 1. The van der Waals surface area contributed by atoms with Crippen molar-refractivity contribution in [2.24, 2.45) is 11.8 Å². The van der Waals surface area contributed by atoms with Crippen LogP contribution >= 0.6 is 0 Å². The number of likely N-dealkylation sites (tertiary alicyclic amines) is 1. The molecule has 2 aliphatic heterocycles. The third kappa shape index (κ3) is 2.35. The molecule has 5 nitrogen and oxygen atoms in total. The molecule has 3 atom stereocenters. The molecule has 2 saturated heterocycles. The predicted molar refractivity (Wildman–Crippen MR) is 72.9 cm³/mol. The summed E-state index contributed by atoms with van der Waals surface area (Å²) >= 11 is 0. The van der Waals surface area contributed by atoms with Gasteiger partial charge >= 0.3 is 0 Å². The van der Waals surface area contributed by atoms with Gasteiger partial charge in [-0.1, -0.05) is 12.1 Å². The molecule has 2 fully saturated rings. The smallest absolute Gasteiger partial charge is 0.269 e. The number of nitrogens with zero attached hydrogens (tertiary/aromatic N) is 2. The second kappa shape index (κ2) is 4.90. The summed E-state index contributed by atoms with van der Waals surface area (Å²) in [5, 5.41) is 14.3. The van der Waals surface area contributed by atoms with Crippen LogP contribution in [0.3, 0.4) is 0 Å². The zero-order chi connectivity index (χ0) is 13.4. The number of nitro benzene ring substituents is 1. The second-order valence-corrected chi connectivity index (χ2v) is 5.66. The maximum atomic E-state index is 10.8. The minimum absolute atomic E-state index is 0.186. The summed E-state index contributed by atoms with van der Waals surface area (Å²) in [6, 6.07) is 7.29. The lowest BCUT2D eigenvalue weighted by Crippen LogP contribution is -2.28. The molecule has 0 radical (unpaired) electrons. The summed E-state index contributed by atoms with van der Waals surface area (Å²) in [5.41, 5.74) is 1.23. The summed E-state index contributed by atoms with van der Waals surface area (Å²) in [6.45, 7) is 6.57. The van der Waals surface area contributed by atoms with Crippen LogP contribution < -0.4 is 5.32 Å². The largest absolute Gasteiger partial charge is 0.316 e. The SMILES string of the molecule is CC(c1cccc([N+](=O)[O-])c1)N1C[C@H]2CNC[C@H]2C1. The molecule has 1 aromatic rings. The average molecular weight is 261 g/mol. The fraction of sp³-hybridized carbons (Fsp3) is 0.571. The lowest BCUT2D eigenvalue weighted by molar-refractivity contribution is -0.384. The van der Waals surface area contributed by atoms with Crippen molar-refractivity contribution in [3.05, 3.63) is 39.9 Å². The van der Waals surface area contributed by atoms with E-state index in [9.17, 15) is 10.1 Å². The Labute approximate surface area is 112 Å². The Morgan fingerprint density at radius 1 is 1.37 bits per heavy atom. The molecule has 1 aromatic carbocycles. The zero-order valence-electron chi connectivity index (χ0n) is 11.1. The normalized spacial score (nSPS) is 28.3. The lowest BCUT2D eigenvalue weighted by Gasteiger charge is -2.25. The van der Waals surface area contributed by atoms with E-state index in [1.54, 1.807) is 18.2 Å². The molecule has 1 N–H and O–H groups in total. The van der Waals surface area contributed by atoms with Gasteiger partial charge in [-0.15, -0.1) is 0 Å². The highest BCUT2D eigenvalue weighted by atomic mass is 16.6. The first kappa shape index (κ1) is 12.6. The number of nitrogens with one attached hydrogen (secondary N) is 1. The molecule has 3 rings (SSSR count). The van der Waals surface area contributed by atoms with Crippen LogP contribution in [0, 0.1) is 22.0 Å². The fourth-order valence-corrected chi connectivity index (χ4v) is 3.32. The maximum absolute atomic E-state index is 10.8. The molecule has 2 heterocycles. The van der Waals surface area contributed by atoms with E-state index in [1.807, 2.05) is 6.07 Å². The number of benzene rings is 1. The minimum Gasteiger partial charge on any atom is -0.316 e. The highest BCUT2D eigenvalue weighted by Crippen LogP contribution is 2.33. The van der Waals surface area contributed by atoms with E-state index < -0.39 is 0 Å². The highest BCUT2D eigenvalue weighted by Gasteiger charge is 2.38. The van der Waals surface area contributed by atoms with Gasteiger partial charge in [0.2, 0.25) is 0 Å². The van der Waals surface area contributed by atoms with Gasteiger partial charge in [0.15, 0.2) is 0 Å². The van der Waals surface area contributed by atoms with Crippen molar-refractivity contribution in [1.82, 2.24) is 10.2 Å². The standard InChI is InChI=1S/C14H19N3O2/c1-10(11-3-2-4-14(5-11)17(18)19)16-8-12-6-15-7-13(12)9-16/h2-5,10,12-13,15H,6-9H2,1H3/t10?,12-,13+. The van der Waals surface area contributed by atoms with Gasteiger partial charge < -0.3 is 5.32 Å². The molecule has 5 heteroatoms. The molecule has 0 spiro atoms. The molecule has 2 aliphatic rings.